The molecule has 1 fully saturated rings. The molecule has 12 heavy (non-hydrogen) atoms. The average Bonchev–Trinajstić information content (AvgIpc) is 2.67. The van der Waals surface area contributed by atoms with E-state index in [1.807, 2.05) is 17.5 Å². The van der Waals surface area contributed by atoms with E-state index in [9.17, 15) is 0 Å². The van der Waals surface area contributed by atoms with Crippen molar-refractivity contribution in [3.63, 3.8) is 0 Å². The molecule has 64 valence electrons. The summed E-state index contributed by atoms with van der Waals surface area (Å²) in [6, 6.07) is 3.86. The number of hydrogen-bond acceptors (Lipinski definition) is 3. The quantitative estimate of drug-likeness (QED) is 0.541. The van der Waals surface area contributed by atoms with Gasteiger partial charge in [0, 0.05) is 13.2 Å². The molecule has 0 aliphatic carbocycles. The fourth-order valence-corrected chi connectivity index (χ4v) is 0.830. The summed E-state index contributed by atoms with van der Waals surface area (Å²) < 4.78 is 9.19. The van der Waals surface area contributed by atoms with Crippen molar-refractivity contribution in [2.24, 2.45) is 0 Å². The van der Waals surface area contributed by atoms with E-state index in [-0.39, 0.29) is 36.5 Å². The Morgan fingerprint density at radius 3 is 2.17 bits per heavy atom. The fourth-order valence-electron chi connectivity index (χ4n) is 0.437. The van der Waals surface area contributed by atoms with E-state index in [4.69, 9.17) is 0 Å². The van der Waals surface area contributed by atoms with Crippen LogP contribution in [0.25, 0.3) is 0 Å². The van der Waals surface area contributed by atoms with E-state index in [1.165, 1.54) is 6.79 Å². The van der Waals surface area contributed by atoms with Gasteiger partial charge >= 0.3 is 19.5 Å². The Bertz CT molecular complexity index is 120. The Hall–Kier alpha value is 0.723. The summed E-state index contributed by atoms with van der Waals surface area (Å²) >= 11 is 1.59. The third-order valence-corrected chi connectivity index (χ3v) is 1.40. The summed E-state index contributed by atoms with van der Waals surface area (Å²) in [5.41, 5.74) is 0. The molecule has 1 aromatic heterocycles. The van der Waals surface area contributed by atoms with Gasteiger partial charge in [0.2, 0.25) is 0 Å². The van der Waals surface area contributed by atoms with Crippen molar-refractivity contribution in [2.75, 3.05) is 13.2 Å². The molecule has 0 bridgehead atoms. The average molecular weight is 303 g/mol. The molecule has 0 atom stereocenters. The van der Waals surface area contributed by atoms with Crippen LogP contribution in [0, 0.1) is 12.2 Å². The Morgan fingerprint density at radius 2 is 2.00 bits per heavy atom. The van der Waals surface area contributed by atoms with Gasteiger partial charge in [-0.15, -0.1) is 22.4 Å². The number of halogens is 1. The standard InChI is InChI=1S/C4H3S.C3H5O2.BrH.Zn/c1-2-4-5-3-1;1-2-5-3-4-1;;/h1-3H;3H,1-2H2;1H;/q2*-1;;+2. The predicted octanol–water partition coefficient (Wildman–Crippen LogP) is 2.28. The molecular weight excluding hydrogens is 293 g/mol. The molecule has 2 heterocycles. The van der Waals surface area contributed by atoms with Gasteiger partial charge in [-0.25, -0.2) is 6.07 Å². The second kappa shape index (κ2) is 11.7. The molecule has 0 spiro atoms. The topological polar surface area (TPSA) is 18.5 Å². The van der Waals surface area contributed by atoms with Crippen molar-refractivity contribution in [3.05, 3.63) is 29.7 Å². The first kappa shape index (κ1) is 15.2. The van der Waals surface area contributed by atoms with Crippen LogP contribution >= 0.6 is 28.3 Å². The van der Waals surface area contributed by atoms with Gasteiger partial charge in [0.25, 0.3) is 0 Å². The van der Waals surface area contributed by atoms with Gasteiger partial charge in [0.1, 0.15) is 0 Å². The van der Waals surface area contributed by atoms with Crippen molar-refractivity contribution in [1.82, 2.24) is 0 Å². The van der Waals surface area contributed by atoms with Crippen LogP contribution in [0.2, 0.25) is 0 Å². The Labute approximate surface area is 99.8 Å². The predicted molar refractivity (Wildman–Crippen MR) is 49.7 cm³/mol. The molecule has 0 radical (unpaired) electrons. The van der Waals surface area contributed by atoms with Crippen LogP contribution in [-0.4, -0.2) is 13.2 Å². The van der Waals surface area contributed by atoms with Crippen LogP contribution in [0.4, 0.5) is 0 Å². The van der Waals surface area contributed by atoms with E-state index >= 15 is 0 Å². The third kappa shape index (κ3) is 8.82. The first-order chi connectivity index (χ1) is 5.00. The Morgan fingerprint density at radius 1 is 1.33 bits per heavy atom. The molecule has 0 N–H and O–H groups in total. The number of rotatable bonds is 0. The monoisotopic (exact) mass is 300 g/mol. The first-order valence-corrected chi connectivity index (χ1v) is 3.82. The van der Waals surface area contributed by atoms with Crippen molar-refractivity contribution in [2.45, 2.75) is 0 Å². The van der Waals surface area contributed by atoms with Gasteiger partial charge in [-0.05, 0) is 0 Å². The summed E-state index contributed by atoms with van der Waals surface area (Å²) in [7, 11) is 0. The molecule has 0 unspecified atom stereocenters. The maximum Gasteiger partial charge on any atom is 2.00 e. The minimum atomic E-state index is 0. The van der Waals surface area contributed by atoms with Crippen LogP contribution in [0.5, 0.6) is 0 Å². The van der Waals surface area contributed by atoms with E-state index in [0.717, 1.165) is 13.2 Å². The molecule has 0 saturated carbocycles. The van der Waals surface area contributed by atoms with Crippen LogP contribution in [-0.2, 0) is 29.0 Å². The van der Waals surface area contributed by atoms with E-state index < -0.39 is 0 Å². The summed E-state index contributed by atoms with van der Waals surface area (Å²) in [6.45, 7) is 2.81. The summed E-state index contributed by atoms with van der Waals surface area (Å²) in [4.78, 5) is 0. The van der Waals surface area contributed by atoms with Gasteiger partial charge in [-0.3, -0.25) is 0 Å². The maximum absolute atomic E-state index is 4.60. The zero-order valence-corrected chi connectivity index (χ0v) is 12.1. The molecule has 5 heteroatoms. The van der Waals surface area contributed by atoms with E-state index in [0.29, 0.717) is 0 Å². The minimum absolute atomic E-state index is 0. The van der Waals surface area contributed by atoms with Crippen molar-refractivity contribution < 1.29 is 29.0 Å². The van der Waals surface area contributed by atoms with Gasteiger partial charge in [0.05, 0.1) is 0 Å². The normalized spacial score (nSPS) is 13.3. The Balaban J connectivity index is 0. The second-order valence-electron chi connectivity index (χ2n) is 1.57. The smallest absolute Gasteiger partial charge is 0.523 e. The van der Waals surface area contributed by atoms with Crippen LogP contribution in [0.3, 0.4) is 0 Å². The number of hydrogen-bond donors (Lipinski definition) is 0. The van der Waals surface area contributed by atoms with Crippen molar-refractivity contribution in [3.8, 4) is 0 Å². The second-order valence-corrected chi connectivity index (χ2v) is 2.31. The molecule has 2 rings (SSSR count). The third-order valence-electron chi connectivity index (χ3n) is 0.834. The SMILES string of the molecule is Br.[CH-]1OCCO1.[Zn+2].[c-]1cccs1. The van der Waals surface area contributed by atoms with Gasteiger partial charge in [-0.2, -0.15) is 11.4 Å². The number of thiophene rings is 1. The fraction of sp³-hybridized carbons (Fsp3) is 0.286. The van der Waals surface area contributed by atoms with Gasteiger partial charge in [0.15, 0.2) is 0 Å². The van der Waals surface area contributed by atoms with Crippen LogP contribution in [0.15, 0.2) is 17.5 Å². The van der Waals surface area contributed by atoms with Gasteiger partial charge in [-0.1, -0.05) is 6.79 Å². The van der Waals surface area contributed by atoms with Crippen molar-refractivity contribution >= 4 is 28.3 Å². The molecule has 1 aromatic rings. The molecule has 1 aliphatic heterocycles. The summed E-state index contributed by atoms with van der Waals surface area (Å²) in [5, 5.41) is 4.89. The molecular formula is C7H9BrO2SZn. The van der Waals surface area contributed by atoms with Crippen LogP contribution in [0.1, 0.15) is 0 Å². The maximum atomic E-state index is 4.60. The zero-order chi connectivity index (χ0) is 7.07. The first-order valence-electron chi connectivity index (χ1n) is 2.94. The minimum Gasteiger partial charge on any atom is -0.523 e. The molecule has 2 nitrogen and oxygen atoms in total. The van der Waals surface area contributed by atoms with E-state index in [2.05, 4.69) is 14.9 Å². The summed E-state index contributed by atoms with van der Waals surface area (Å²) in [6.07, 6.45) is 0. The molecule has 0 amide bonds. The summed E-state index contributed by atoms with van der Waals surface area (Å²) in [5.74, 6) is 0. The van der Waals surface area contributed by atoms with Crippen LogP contribution < -0.4 is 0 Å². The van der Waals surface area contributed by atoms with E-state index in [1.54, 1.807) is 11.3 Å². The number of ether oxygens (including phenoxy) is 2. The largest absolute Gasteiger partial charge is 2.00 e. The van der Waals surface area contributed by atoms with Crippen molar-refractivity contribution in [1.29, 1.82) is 0 Å². The molecule has 1 saturated heterocycles. The molecule has 1 aliphatic rings. The zero-order valence-electron chi connectivity index (χ0n) is 6.56. The molecule has 0 aromatic carbocycles. The Kier molecular flexibility index (Phi) is 14.9. The van der Waals surface area contributed by atoms with Gasteiger partial charge < -0.3 is 20.8 Å².